The quantitative estimate of drug-likeness (QED) is 0.415. The van der Waals surface area contributed by atoms with E-state index in [-0.39, 0.29) is 58.0 Å². The second-order valence-electron chi connectivity index (χ2n) is 9.88. The molecule has 1 saturated heterocycles. The van der Waals surface area contributed by atoms with E-state index in [2.05, 4.69) is 45.5 Å². The summed E-state index contributed by atoms with van der Waals surface area (Å²) in [5.74, 6) is 1.07. The number of hydrogen-bond donors (Lipinski definition) is 2. The zero-order chi connectivity index (χ0) is 26.9. The van der Waals surface area contributed by atoms with Crippen LogP contribution >= 0.6 is 0 Å². The van der Waals surface area contributed by atoms with Crippen molar-refractivity contribution in [2.24, 2.45) is 0 Å². The fraction of sp³-hybridized carbons (Fsp3) is 0.633. The van der Waals surface area contributed by atoms with E-state index in [4.69, 9.17) is 14.9 Å². The fourth-order valence-electron chi connectivity index (χ4n) is 4.76. The van der Waals surface area contributed by atoms with Gasteiger partial charge in [0.25, 0.3) is 0 Å². The van der Waals surface area contributed by atoms with Gasteiger partial charge in [-0.15, -0.1) is 0 Å². The van der Waals surface area contributed by atoms with Crippen molar-refractivity contribution in [2.75, 3.05) is 45.3 Å². The summed E-state index contributed by atoms with van der Waals surface area (Å²) in [7, 11) is 0.750. The Labute approximate surface area is 272 Å². The summed E-state index contributed by atoms with van der Waals surface area (Å²) < 4.78 is 16.5. The van der Waals surface area contributed by atoms with E-state index in [1.807, 2.05) is 0 Å². The van der Waals surface area contributed by atoms with Gasteiger partial charge in [0.1, 0.15) is 5.82 Å². The summed E-state index contributed by atoms with van der Waals surface area (Å²) in [5, 5.41) is 20.3. The number of pyridine rings is 1. The van der Waals surface area contributed by atoms with Crippen molar-refractivity contribution in [1.82, 2.24) is 9.88 Å². The van der Waals surface area contributed by atoms with Crippen LogP contribution in [0.2, 0.25) is 0 Å². The third-order valence-corrected chi connectivity index (χ3v) is 6.51. The summed E-state index contributed by atoms with van der Waals surface area (Å²) in [6.45, 7) is 9.72. The molecule has 0 atom stereocenters. The zero-order valence-corrected chi connectivity index (χ0v) is 27.2. The molecule has 0 radical (unpaired) electrons. The molecule has 3 aliphatic rings. The Morgan fingerprint density at radius 2 is 1.79 bits per heavy atom. The minimum Gasteiger partial charge on any atom is -0.857 e. The number of aromatic nitrogens is 1. The Balaban J connectivity index is 0.000000310. The summed E-state index contributed by atoms with van der Waals surface area (Å²) in [5.41, 5.74) is 6.97. The average Bonchev–Trinajstić information content (AvgIpc) is 3.43. The largest absolute Gasteiger partial charge is 1.00 e. The topological polar surface area (TPSA) is 80.7 Å². The average molecular weight is 556 g/mol. The van der Waals surface area contributed by atoms with Gasteiger partial charge in [-0.05, 0) is 107 Å². The maximum atomic E-state index is 11.0. The molecule has 2 N–H and O–H groups in total. The molecule has 3 aliphatic heterocycles. The van der Waals surface area contributed by atoms with Gasteiger partial charge in [-0.3, -0.25) is 4.90 Å². The van der Waals surface area contributed by atoms with Gasteiger partial charge in [0, 0.05) is 25.4 Å². The molecule has 2 aromatic rings. The molecule has 1 aromatic carbocycles. The first-order valence-electron chi connectivity index (χ1n) is 13.8. The van der Waals surface area contributed by atoms with Crippen LogP contribution in [0.15, 0.2) is 30.3 Å². The van der Waals surface area contributed by atoms with Crippen molar-refractivity contribution in [2.45, 2.75) is 84.5 Å². The molecule has 0 bridgehead atoms. The number of aliphatic hydroxyl groups excluding tert-OH is 1. The zero-order valence-electron chi connectivity index (χ0n) is 24.1. The van der Waals surface area contributed by atoms with Crippen LogP contribution in [0.4, 0.5) is 10.2 Å². The van der Waals surface area contributed by atoms with Gasteiger partial charge >= 0.3 is 51.4 Å². The molecule has 8 heteroatoms. The first kappa shape index (κ1) is 35.6. The number of benzene rings is 1. The molecule has 1 fully saturated rings. The minimum absolute atomic E-state index is 0. The van der Waals surface area contributed by atoms with Gasteiger partial charge in [-0.2, -0.15) is 7.11 Å². The molecule has 4 heterocycles. The molecule has 0 saturated carbocycles. The number of rotatable bonds is 6. The molecule has 0 aliphatic carbocycles. The number of halogens is 1. The molecule has 6 nitrogen and oxygen atoms in total. The van der Waals surface area contributed by atoms with Crippen LogP contribution in [-0.4, -0.2) is 61.1 Å². The Morgan fingerprint density at radius 3 is 2.50 bits per heavy atom. The van der Waals surface area contributed by atoms with E-state index in [9.17, 15) is 4.39 Å². The second kappa shape index (κ2) is 21.3. The predicted octanol–water partition coefficient (Wildman–Crippen LogP) is 1.45. The molecular formula is C30H47FKN3O3. The number of fused-ring (bicyclic) bond motifs is 2. The number of hydrogen-bond acceptors (Lipinski definition) is 6. The Bertz CT molecular complexity index is 892. The SMILES string of the molecule is CC(C)F.C[O-].OCCCCc1ccc2c(n1)NCCC2.[K+].c1cc2c(c(CN3CCCC3)c1)CCOC2. The van der Waals surface area contributed by atoms with E-state index in [0.717, 1.165) is 77.0 Å². The first-order valence-corrected chi connectivity index (χ1v) is 13.8. The second-order valence-corrected chi connectivity index (χ2v) is 9.88. The third kappa shape index (κ3) is 13.3. The maximum absolute atomic E-state index is 11.0. The maximum Gasteiger partial charge on any atom is 1.00 e. The Hall–Kier alpha value is -0.424. The van der Waals surface area contributed by atoms with Gasteiger partial charge in [0.05, 0.1) is 19.4 Å². The van der Waals surface area contributed by atoms with Crippen LogP contribution in [-0.2, 0) is 37.2 Å². The number of alkyl halides is 1. The molecular weight excluding hydrogens is 508 g/mol. The standard InChI is InChI=1S/C14H19NO.C12H18N2O.C3H7F.CH3O.K/c1-2-8-15(7-1)10-12-4-3-5-13-11-16-9-6-14(12)13;15-9-2-1-5-11-7-6-10-4-3-8-13-12(10)14-11;1-3(2)4;1-2;/h3-5H,1-2,6-11H2;6-7,15H,1-5,8-9H2,(H,13,14);3H,1-2H3;1H3;/q;;;-1;+1. The Morgan fingerprint density at radius 1 is 1.05 bits per heavy atom. The third-order valence-electron chi connectivity index (χ3n) is 6.51. The smallest absolute Gasteiger partial charge is 0.857 e. The van der Waals surface area contributed by atoms with E-state index in [1.165, 1.54) is 62.9 Å². The molecule has 38 heavy (non-hydrogen) atoms. The number of anilines is 1. The van der Waals surface area contributed by atoms with Gasteiger partial charge in [-0.1, -0.05) is 24.3 Å². The van der Waals surface area contributed by atoms with Crippen molar-refractivity contribution < 1.29 is 70.7 Å². The molecule has 1 aromatic heterocycles. The van der Waals surface area contributed by atoms with Gasteiger partial charge in [-0.25, -0.2) is 9.37 Å². The van der Waals surface area contributed by atoms with E-state index in [0.29, 0.717) is 0 Å². The van der Waals surface area contributed by atoms with Crippen LogP contribution in [0.25, 0.3) is 0 Å². The number of likely N-dealkylation sites (tertiary alicyclic amines) is 1. The number of ether oxygens (including phenoxy) is 1. The van der Waals surface area contributed by atoms with Crippen molar-refractivity contribution in [3.8, 4) is 0 Å². The molecule has 5 rings (SSSR count). The minimum atomic E-state index is -0.667. The van der Waals surface area contributed by atoms with E-state index in [1.54, 1.807) is 5.56 Å². The molecule has 0 amide bonds. The predicted molar refractivity (Wildman–Crippen MR) is 148 cm³/mol. The number of nitrogens with one attached hydrogen (secondary N) is 1. The van der Waals surface area contributed by atoms with Gasteiger partial charge in [0.15, 0.2) is 0 Å². The van der Waals surface area contributed by atoms with Crippen LogP contribution in [0.3, 0.4) is 0 Å². The number of aryl methyl sites for hydroxylation is 2. The summed E-state index contributed by atoms with van der Waals surface area (Å²) in [6, 6.07) is 11.0. The monoisotopic (exact) mass is 555 g/mol. The summed E-state index contributed by atoms with van der Waals surface area (Å²) in [4.78, 5) is 7.17. The molecule has 208 valence electrons. The van der Waals surface area contributed by atoms with Crippen molar-refractivity contribution in [1.29, 1.82) is 0 Å². The van der Waals surface area contributed by atoms with Gasteiger partial charge in [0.2, 0.25) is 0 Å². The van der Waals surface area contributed by atoms with Crippen LogP contribution in [0.5, 0.6) is 0 Å². The van der Waals surface area contributed by atoms with Crippen LogP contribution in [0.1, 0.15) is 73.9 Å². The number of aliphatic hydroxyl groups is 1. The van der Waals surface area contributed by atoms with E-state index < -0.39 is 6.17 Å². The number of unbranched alkanes of at least 4 members (excludes halogenated alkanes) is 1. The Kier molecular flexibility index (Phi) is 20.0. The fourth-order valence-corrected chi connectivity index (χ4v) is 4.76. The van der Waals surface area contributed by atoms with Crippen molar-refractivity contribution >= 4 is 5.82 Å². The van der Waals surface area contributed by atoms with Crippen LogP contribution in [0, 0.1) is 0 Å². The van der Waals surface area contributed by atoms with Crippen molar-refractivity contribution in [3.63, 3.8) is 0 Å². The summed E-state index contributed by atoms with van der Waals surface area (Å²) in [6.07, 6.45) is 8.38. The number of nitrogens with zero attached hydrogens (tertiary/aromatic N) is 2. The first-order chi connectivity index (χ1) is 18.1. The normalized spacial score (nSPS) is 15.7. The summed E-state index contributed by atoms with van der Waals surface area (Å²) >= 11 is 0. The molecule has 0 unspecified atom stereocenters. The van der Waals surface area contributed by atoms with Crippen molar-refractivity contribution in [3.05, 3.63) is 58.3 Å². The van der Waals surface area contributed by atoms with Crippen LogP contribution < -0.4 is 61.8 Å². The van der Waals surface area contributed by atoms with E-state index >= 15 is 0 Å². The molecule has 0 spiro atoms. The van der Waals surface area contributed by atoms with Gasteiger partial charge < -0.3 is 20.3 Å².